The van der Waals surface area contributed by atoms with Crippen LogP contribution in [0, 0.1) is 12.7 Å². The lowest BCUT2D eigenvalue weighted by molar-refractivity contribution is 0.0383. The van der Waals surface area contributed by atoms with Gasteiger partial charge in [-0.2, -0.15) is 5.10 Å². The highest BCUT2D eigenvalue weighted by Crippen LogP contribution is 2.30. The first-order valence-corrected chi connectivity index (χ1v) is 12.2. The second-order valence-electron chi connectivity index (χ2n) is 9.29. The molecule has 4 aromatic rings. The highest BCUT2D eigenvalue weighted by atomic mass is 19.1. The van der Waals surface area contributed by atoms with E-state index in [-0.39, 0.29) is 30.7 Å². The van der Waals surface area contributed by atoms with Gasteiger partial charge in [-0.15, -0.1) is 0 Å². The van der Waals surface area contributed by atoms with Gasteiger partial charge in [-0.3, -0.25) is 9.48 Å². The van der Waals surface area contributed by atoms with Gasteiger partial charge in [0.05, 0.1) is 37.2 Å². The van der Waals surface area contributed by atoms with E-state index in [1.54, 1.807) is 35.2 Å². The largest absolute Gasteiger partial charge is 0.465 e. The molecule has 1 aliphatic rings. The Bertz CT molecular complexity index is 1550. The molecule has 0 unspecified atom stereocenters. The molecule has 0 radical (unpaired) electrons. The van der Waals surface area contributed by atoms with Crippen LogP contribution >= 0.6 is 0 Å². The topological polar surface area (TPSA) is 116 Å². The Kier molecular flexibility index (Phi) is 7.11. The van der Waals surface area contributed by atoms with Gasteiger partial charge in [0.1, 0.15) is 17.3 Å². The SMILES string of the molecule is COC[C@H]1Cn2cc(-c3nc(Nc4ccnn4C)ncc3C)cc2C(=O)N1Cc1cc(F)ccc1C(=O)OC. The first kappa shape index (κ1) is 26.0. The van der Waals surface area contributed by atoms with Crippen LogP contribution < -0.4 is 5.32 Å². The number of esters is 1. The summed E-state index contributed by atoms with van der Waals surface area (Å²) in [5.74, 6) is -0.244. The molecule has 0 saturated carbocycles. The Morgan fingerprint density at radius 2 is 2.05 bits per heavy atom. The van der Waals surface area contributed by atoms with Gasteiger partial charge < -0.3 is 24.3 Å². The smallest absolute Gasteiger partial charge is 0.338 e. The van der Waals surface area contributed by atoms with Crippen molar-refractivity contribution >= 4 is 23.6 Å². The third kappa shape index (κ3) is 5.10. The van der Waals surface area contributed by atoms with Gasteiger partial charge in [-0.25, -0.2) is 19.2 Å². The van der Waals surface area contributed by atoms with Crippen molar-refractivity contribution in [1.29, 1.82) is 0 Å². The highest BCUT2D eigenvalue weighted by Gasteiger charge is 2.34. The van der Waals surface area contributed by atoms with E-state index in [2.05, 4.69) is 15.4 Å². The van der Waals surface area contributed by atoms with Crippen molar-refractivity contribution in [3.63, 3.8) is 0 Å². The summed E-state index contributed by atoms with van der Waals surface area (Å²) < 4.78 is 28.0. The van der Waals surface area contributed by atoms with Crippen molar-refractivity contribution in [1.82, 2.24) is 29.2 Å². The average molecular weight is 534 g/mol. The van der Waals surface area contributed by atoms with Gasteiger partial charge in [0.2, 0.25) is 5.95 Å². The number of methoxy groups -OCH3 is 2. The second-order valence-corrected chi connectivity index (χ2v) is 9.29. The fourth-order valence-electron chi connectivity index (χ4n) is 4.74. The van der Waals surface area contributed by atoms with Crippen LogP contribution in [0.2, 0.25) is 0 Å². The predicted molar refractivity (Wildman–Crippen MR) is 140 cm³/mol. The van der Waals surface area contributed by atoms with Gasteiger partial charge in [0.15, 0.2) is 0 Å². The highest BCUT2D eigenvalue weighted by molar-refractivity contribution is 5.96. The fourth-order valence-corrected chi connectivity index (χ4v) is 4.74. The van der Waals surface area contributed by atoms with Crippen molar-refractivity contribution in [3.8, 4) is 11.3 Å². The van der Waals surface area contributed by atoms with Crippen LogP contribution in [0.25, 0.3) is 11.3 Å². The summed E-state index contributed by atoms with van der Waals surface area (Å²) in [5.41, 5.74) is 3.28. The molecular formula is C27H28FN7O4. The third-order valence-electron chi connectivity index (χ3n) is 6.70. The standard InChI is InChI=1S/C27H28FN7O4/c1-16-11-29-27(31-23-7-8-30-33(23)2)32-24(16)18-10-22-25(36)35(20(15-38-3)14-34(22)12-18)13-17-9-19(28)5-6-21(17)26(37)39-4/h5-12,20H,13-15H2,1-4H3,(H,29,31,32)/t20-/m1/s1. The summed E-state index contributed by atoms with van der Waals surface area (Å²) in [6.07, 6.45) is 5.28. The maximum absolute atomic E-state index is 14.1. The Labute approximate surface area is 224 Å². The van der Waals surface area contributed by atoms with E-state index in [1.807, 2.05) is 30.8 Å². The summed E-state index contributed by atoms with van der Waals surface area (Å²) in [5, 5.41) is 7.30. The minimum absolute atomic E-state index is 0.0148. The van der Waals surface area contributed by atoms with Gasteiger partial charge in [0, 0.05) is 51.3 Å². The number of carbonyl (C=O) groups excluding carboxylic acids is 2. The number of benzene rings is 1. The zero-order valence-electron chi connectivity index (χ0n) is 22.0. The second kappa shape index (κ2) is 10.7. The van der Waals surface area contributed by atoms with Gasteiger partial charge in [0.25, 0.3) is 5.91 Å². The molecular weight excluding hydrogens is 505 g/mol. The minimum atomic E-state index is -0.599. The summed E-state index contributed by atoms with van der Waals surface area (Å²) in [7, 11) is 4.63. The summed E-state index contributed by atoms with van der Waals surface area (Å²) in [4.78, 5) is 36.8. The molecule has 3 aromatic heterocycles. The van der Waals surface area contributed by atoms with Crippen LogP contribution in [0.3, 0.4) is 0 Å². The van der Waals surface area contributed by atoms with Crippen molar-refractivity contribution in [3.05, 3.63) is 77.1 Å². The number of carbonyl (C=O) groups is 2. The molecule has 0 fully saturated rings. The summed E-state index contributed by atoms with van der Waals surface area (Å²) >= 11 is 0. The number of rotatable bonds is 8. The zero-order valence-corrected chi connectivity index (χ0v) is 22.0. The number of nitrogens with zero attached hydrogens (tertiary/aromatic N) is 6. The Morgan fingerprint density at radius 1 is 1.23 bits per heavy atom. The first-order valence-electron chi connectivity index (χ1n) is 12.2. The molecule has 202 valence electrons. The molecule has 4 heterocycles. The van der Waals surface area contributed by atoms with Crippen LogP contribution in [0.5, 0.6) is 0 Å². The number of fused-ring (bicyclic) bond motifs is 1. The lowest BCUT2D eigenvalue weighted by Crippen LogP contribution is -2.49. The van der Waals surface area contributed by atoms with E-state index >= 15 is 0 Å². The van der Waals surface area contributed by atoms with E-state index in [1.165, 1.54) is 25.3 Å². The molecule has 0 aliphatic carbocycles. The normalized spacial score (nSPS) is 14.8. The Balaban J connectivity index is 1.48. The third-order valence-corrected chi connectivity index (χ3v) is 6.70. The first-order chi connectivity index (χ1) is 18.8. The van der Waals surface area contributed by atoms with E-state index < -0.39 is 11.8 Å². The van der Waals surface area contributed by atoms with E-state index in [0.29, 0.717) is 29.4 Å². The molecule has 39 heavy (non-hydrogen) atoms. The Hall–Kier alpha value is -4.58. The number of nitrogens with one attached hydrogen (secondary N) is 1. The average Bonchev–Trinajstić information content (AvgIpc) is 3.53. The number of ether oxygens (including phenoxy) is 2. The number of hydrogen-bond acceptors (Lipinski definition) is 8. The minimum Gasteiger partial charge on any atom is -0.465 e. The lowest BCUT2D eigenvalue weighted by atomic mass is 10.0. The molecule has 1 N–H and O–H groups in total. The van der Waals surface area contributed by atoms with Crippen molar-refractivity contribution < 1.29 is 23.5 Å². The lowest BCUT2D eigenvalue weighted by Gasteiger charge is -2.36. The van der Waals surface area contributed by atoms with Gasteiger partial charge in [-0.1, -0.05) is 0 Å². The molecule has 0 bridgehead atoms. The van der Waals surface area contributed by atoms with Crippen LogP contribution in [-0.2, 0) is 29.6 Å². The van der Waals surface area contributed by atoms with Crippen molar-refractivity contribution in [2.45, 2.75) is 26.1 Å². The zero-order chi connectivity index (χ0) is 27.7. The molecule has 11 nitrogen and oxygen atoms in total. The number of aromatic nitrogens is 5. The molecule has 1 amide bonds. The predicted octanol–water partition coefficient (Wildman–Crippen LogP) is 3.33. The monoisotopic (exact) mass is 533 g/mol. The molecule has 0 spiro atoms. The summed E-state index contributed by atoms with van der Waals surface area (Å²) in [6.45, 7) is 2.62. The van der Waals surface area contributed by atoms with E-state index in [9.17, 15) is 14.0 Å². The van der Waals surface area contributed by atoms with Crippen molar-refractivity contribution in [2.75, 3.05) is 26.1 Å². The maximum atomic E-state index is 14.1. The van der Waals surface area contributed by atoms with Crippen LogP contribution in [0.4, 0.5) is 16.2 Å². The van der Waals surface area contributed by atoms with Crippen LogP contribution in [0.1, 0.15) is 32.0 Å². The number of hydrogen-bond donors (Lipinski definition) is 1. The summed E-state index contributed by atoms with van der Waals surface area (Å²) in [6, 6.07) is 7.06. The quantitative estimate of drug-likeness (QED) is 0.343. The van der Waals surface area contributed by atoms with E-state index in [4.69, 9.17) is 14.5 Å². The van der Waals surface area contributed by atoms with Crippen LogP contribution in [0.15, 0.2) is 48.9 Å². The Morgan fingerprint density at radius 3 is 2.77 bits per heavy atom. The van der Waals surface area contributed by atoms with E-state index in [0.717, 1.165) is 16.9 Å². The maximum Gasteiger partial charge on any atom is 0.338 e. The van der Waals surface area contributed by atoms with Crippen molar-refractivity contribution in [2.24, 2.45) is 7.05 Å². The van der Waals surface area contributed by atoms with Crippen LogP contribution in [-0.4, -0.2) is 68.0 Å². The van der Waals surface area contributed by atoms with Gasteiger partial charge >= 0.3 is 5.97 Å². The number of halogens is 1. The fraction of sp³-hybridized carbons (Fsp3) is 0.296. The number of anilines is 2. The molecule has 1 atom stereocenters. The van der Waals surface area contributed by atoms with Gasteiger partial charge in [-0.05, 0) is 42.3 Å². The number of amides is 1. The molecule has 5 rings (SSSR count). The number of aryl methyl sites for hydroxylation is 2. The molecule has 1 aromatic carbocycles. The molecule has 1 aliphatic heterocycles. The molecule has 0 saturated heterocycles. The molecule has 12 heteroatoms.